The molecule has 0 bridgehead atoms. The molecule has 0 N–H and O–H groups in total. The minimum Gasteiger partial charge on any atom is -0.371 e. The van der Waals surface area contributed by atoms with E-state index in [-0.39, 0.29) is 0 Å². The highest BCUT2D eigenvalue weighted by atomic mass is 32.2. The Labute approximate surface area is 84.1 Å². The largest absolute Gasteiger partial charge is 0.371 e. The number of nitrogens with zero attached hydrogens (tertiary/aromatic N) is 1. The Kier molecular flexibility index (Phi) is 2.79. The zero-order valence-electron chi connectivity index (χ0n) is 7.99. The van der Waals surface area contributed by atoms with Crippen molar-refractivity contribution in [3.63, 3.8) is 0 Å². The predicted molar refractivity (Wildman–Crippen MR) is 60.5 cm³/mol. The Bertz CT molecular complexity index is 281. The maximum Gasteiger partial charge on any atom is 0.0369 e. The van der Waals surface area contributed by atoms with E-state index in [2.05, 4.69) is 35.4 Å². The minimum absolute atomic E-state index is 1.13. The second kappa shape index (κ2) is 4.05. The van der Waals surface area contributed by atoms with Crippen molar-refractivity contribution in [1.82, 2.24) is 0 Å². The summed E-state index contributed by atoms with van der Waals surface area (Å²) >= 11 is 1.88. The average molecular weight is 193 g/mol. The van der Waals surface area contributed by atoms with E-state index in [1.165, 1.54) is 30.8 Å². The summed E-state index contributed by atoms with van der Waals surface area (Å²) in [5.41, 5.74) is 2.84. The summed E-state index contributed by atoms with van der Waals surface area (Å²) in [4.78, 5) is 2.43. The first-order valence-electron chi connectivity index (χ1n) is 4.73. The Balaban J connectivity index is 2.11. The van der Waals surface area contributed by atoms with Gasteiger partial charge in [-0.15, -0.1) is 0 Å². The van der Waals surface area contributed by atoms with Gasteiger partial charge in [0.15, 0.2) is 0 Å². The molecule has 0 aromatic heterocycles. The van der Waals surface area contributed by atoms with Crippen molar-refractivity contribution < 1.29 is 0 Å². The quantitative estimate of drug-likeness (QED) is 0.726. The molecule has 1 aliphatic rings. The molecule has 1 heterocycles. The lowest BCUT2D eigenvalue weighted by atomic mass is 10.1. The number of hydrogen-bond acceptors (Lipinski definition) is 2. The maximum atomic E-state index is 2.43. The van der Waals surface area contributed by atoms with Gasteiger partial charge in [-0.3, -0.25) is 0 Å². The van der Waals surface area contributed by atoms with Crippen molar-refractivity contribution in [3.8, 4) is 0 Å². The third-order valence-corrected chi connectivity index (χ3v) is 3.06. The second-order valence-electron chi connectivity index (χ2n) is 3.44. The fourth-order valence-corrected chi connectivity index (χ4v) is 2.10. The van der Waals surface area contributed by atoms with Gasteiger partial charge in [-0.2, -0.15) is 11.8 Å². The van der Waals surface area contributed by atoms with Crippen molar-refractivity contribution >= 4 is 17.4 Å². The van der Waals surface area contributed by atoms with Gasteiger partial charge in [0.05, 0.1) is 0 Å². The van der Waals surface area contributed by atoms with Crippen molar-refractivity contribution in [2.45, 2.75) is 12.2 Å². The number of benzene rings is 1. The summed E-state index contributed by atoms with van der Waals surface area (Å²) in [6.45, 7) is 2.48. The van der Waals surface area contributed by atoms with Gasteiger partial charge in [-0.25, -0.2) is 0 Å². The van der Waals surface area contributed by atoms with Gasteiger partial charge in [0, 0.05) is 24.5 Å². The van der Waals surface area contributed by atoms with Crippen LogP contribution in [-0.4, -0.2) is 19.3 Å². The minimum atomic E-state index is 1.13. The molecular formula is C11H15NS. The molecule has 2 rings (SSSR count). The van der Waals surface area contributed by atoms with Gasteiger partial charge in [-0.1, -0.05) is 12.1 Å². The van der Waals surface area contributed by atoms with Crippen LogP contribution in [0.2, 0.25) is 0 Å². The van der Waals surface area contributed by atoms with Crippen LogP contribution in [0, 0.1) is 0 Å². The maximum absolute atomic E-state index is 2.43. The number of thioether (sulfide) groups is 1. The van der Waals surface area contributed by atoms with Crippen LogP contribution < -0.4 is 4.90 Å². The van der Waals surface area contributed by atoms with E-state index in [4.69, 9.17) is 0 Å². The van der Waals surface area contributed by atoms with Gasteiger partial charge < -0.3 is 4.90 Å². The normalized spacial score (nSPS) is 15.6. The predicted octanol–water partition coefficient (Wildman–Crippen LogP) is 2.76. The molecule has 0 aliphatic carbocycles. The van der Waals surface area contributed by atoms with Gasteiger partial charge in [0.2, 0.25) is 0 Å². The van der Waals surface area contributed by atoms with Crippen LogP contribution in [0.1, 0.15) is 12.0 Å². The molecular weight excluding hydrogens is 178 g/mol. The summed E-state index contributed by atoms with van der Waals surface area (Å²) in [6.07, 6.45) is 3.50. The summed E-state index contributed by atoms with van der Waals surface area (Å²) in [6, 6.07) is 8.90. The lowest BCUT2D eigenvalue weighted by molar-refractivity contribution is 0.617. The van der Waals surface area contributed by atoms with Gasteiger partial charge in [-0.05, 0) is 30.4 Å². The topological polar surface area (TPSA) is 3.24 Å². The van der Waals surface area contributed by atoms with Crippen LogP contribution in [0.5, 0.6) is 0 Å². The standard InChI is InChI=1S/C11H15NS/c1-13-9-10-4-2-5-11(8-10)12-6-3-7-12/h2,4-5,8H,3,6-7,9H2,1H3. The molecule has 1 fully saturated rings. The average Bonchev–Trinajstić information content (AvgIpc) is 2.02. The lowest BCUT2D eigenvalue weighted by Gasteiger charge is -2.33. The number of hydrogen-bond donors (Lipinski definition) is 0. The monoisotopic (exact) mass is 193 g/mol. The molecule has 1 aromatic rings. The fraction of sp³-hybridized carbons (Fsp3) is 0.455. The highest BCUT2D eigenvalue weighted by Crippen LogP contribution is 2.22. The van der Waals surface area contributed by atoms with Crippen LogP contribution in [0.15, 0.2) is 24.3 Å². The first kappa shape index (κ1) is 8.95. The van der Waals surface area contributed by atoms with Gasteiger partial charge in [0.25, 0.3) is 0 Å². The molecule has 1 saturated heterocycles. The summed E-state index contributed by atoms with van der Waals surface area (Å²) in [7, 11) is 0. The van der Waals surface area contributed by atoms with Gasteiger partial charge >= 0.3 is 0 Å². The zero-order valence-corrected chi connectivity index (χ0v) is 8.81. The smallest absolute Gasteiger partial charge is 0.0369 e. The Hall–Kier alpha value is -0.630. The summed E-state index contributed by atoms with van der Waals surface area (Å²) in [5, 5.41) is 0. The molecule has 13 heavy (non-hydrogen) atoms. The molecule has 0 unspecified atom stereocenters. The lowest BCUT2D eigenvalue weighted by Crippen LogP contribution is -2.36. The van der Waals surface area contributed by atoms with Crippen LogP contribution in [0.25, 0.3) is 0 Å². The SMILES string of the molecule is CSCc1cccc(N2CCC2)c1. The molecule has 1 nitrogen and oxygen atoms in total. The second-order valence-corrected chi connectivity index (χ2v) is 4.31. The van der Waals surface area contributed by atoms with Crippen molar-refractivity contribution in [2.75, 3.05) is 24.2 Å². The van der Waals surface area contributed by atoms with Crippen molar-refractivity contribution in [3.05, 3.63) is 29.8 Å². The van der Waals surface area contributed by atoms with E-state index < -0.39 is 0 Å². The van der Waals surface area contributed by atoms with Crippen LogP contribution >= 0.6 is 11.8 Å². The van der Waals surface area contributed by atoms with Crippen LogP contribution in [0.3, 0.4) is 0 Å². The van der Waals surface area contributed by atoms with E-state index in [9.17, 15) is 0 Å². The molecule has 0 spiro atoms. The molecule has 0 amide bonds. The third-order valence-electron chi connectivity index (χ3n) is 2.44. The van der Waals surface area contributed by atoms with E-state index in [0.29, 0.717) is 0 Å². The van der Waals surface area contributed by atoms with Crippen LogP contribution in [-0.2, 0) is 5.75 Å². The molecule has 0 saturated carbocycles. The Morgan fingerprint density at radius 1 is 1.38 bits per heavy atom. The van der Waals surface area contributed by atoms with E-state index in [1.54, 1.807) is 0 Å². The molecule has 0 radical (unpaired) electrons. The number of anilines is 1. The summed E-state index contributed by atoms with van der Waals surface area (Å²) in [5.74, 6) is 1.13. The first-order chi connectivity index (χ1) is 6.40. The molecule has 1 aromatic carbocycles. The molecule has 2 heteroatoms. The summed E-state index contributed by atoms with van der Waals surface area (Å²) < 4.78 is 0. The molecule has 0 atom stereocenters. The number of rotatable bonds is 3. The Morgan fingerprint density at radius 2 is 2.23 bits per heavy atom. The van der Waals surface area contributed by atoms with Crippen LogP contribution in [0.4, 0.5) is 5.69 Å². The molecule has 70 valence electrons. The zero-order chi connectivity index (χ0) is 9.10. The van der Waals surface area contributed by atoms with E-state index in [0.717, 1.165) is 5.75 Å². The van der Waals surface area contributed by atoms with Crippen molar-refractivity contribution in [1.29, 1.82) is 0 Å². The van der Waals surface area contributed by atoms with E-state index in [1.807, 2.05) is 11.8 Å². The van der Waals surface area contributed by atoms with Gasteiger partial charge in [0.1, 0.15) is 0 Å². The fourth-order valence-electron chi connectivity index (χ4n) is 1.58. The Morgan fingerprint density at radius 3 is 2.85 bits per heavy atom. The molecule has 1 aliphatic heterocycles. The highest BCUT2D eigenvalue weighted by molar-refractivity contribution is 7.97. The van der Waals surface area contributed by atoms with E-state index >= 15 is 0 Å². The first-order valence-corrected chi connectivity index (χ1v) is 6.12. The van der Waals surface area contributed by atoms with Crippen molar-refractivity contribution in [2.24, 2.45) is 0 Å². The highest BCUT2D eigenvalue weighted by Gasteiger charge is 2.13. The third kappa shape index (κ3) is 1.99.